The Bertz CT molecular complexity index is 763. The lowest BCUT2D eigenvalue weighted by Crippen LogP contribution is -2.38. The van der Waals surface area contributed by atoms with E-state index in [4.69, 9.17) is 23.2 Å². The molecule has 2 aromatic rings. The van der Waals surface area contributed by atoms with Gasteiger partial charge in [-0.15, -0.1) is 0 Å². The SMILES string of the molecule is CC(=O)N(CCNC(=O)Cc1cccc(F)c1)c1cc(Cl)cc(Cl)c1. The highest BCUT2D eigenvalue weighted by Gasteiger charge is 2.13. The van der Waals surface area contributed by atoms with E-state index in [1.807, 2.05) is 0 Å². The number of carbonyl (C=O) groups is 2. The van der Waals surface area contributed by atoms with Crippen molar-refractivity contribution in [2.45, 2.75) is 13.3 Å². The van der Waals surface area contributed by atoms with Crippen LogP contribution in [0, 0.1) is 5.82 Å². The monoisotopic (exact) mass is 382 g/mol. The van der Waals surface area contributed by atoms with Gasteiger partial charge in [0, 0.05) is 35.7 Å². The summed E-state index contributed by atoms with van der Waals surface area (Å²) >= 11 is 11.9. The number of rotatable bonds is 6. The lowest BCUT2D eigenvalue weighted by molar-refractivity contribution is -0.121. The fourth-order valence-corrected chi connectivity index (χ4v) is 2.88. The molecule has 0 radical (unpaired) electrons. The van der Waals surface area contributed by atoms with Crippen LogP contribution in [0.3, 0.4) is 0 Å². The number of nitrogens with zero attached hydrogens (tertiary/aromatic N) is 1. The van der Waals surface area contributed by atoms with Crippen molar-refractivity contribution in [3.63, 3.8) is 0 Å². The second-order valence-corrected chi connectivity index (χ2v) is 6.33. The molecule has 0 aliphatic rings. The van der Waals surface area contributed by atoms with E-state index in [1.165, 1.54) is 24.0 Å². The molecule has 2 rings (SSSR count). The lowest BCUT2D eigenvalue weighted by Gasteiger charge is -2.22. The van der Waals surface area contributed by atoms with Crippen molar-refractivity contribution in [2.75, 3.05) is 18.0 Å². The summed E-state index contributed by atoms with van der Waals surface area (Å²) in [7, 11) is 0. The molecule has 1 N–H and O–H groups in total. The van der Waals surface area contributed by atoms with Crippen LogP contribution in [0.5, 0.6) is 0 Å². The first-order valence-electron chi connectivity index (χ1n) is 7.60. The average molecular weight is 383 g/mol. The molecule has 0 heterocycles. The second-order valence-electron chi connectivity index (χ2n) is 5.45. The second kappa shape index (κ2) is 8.83. The molecule has 0 bridgehead atoms. The number of anilines is 1. The third-order valence-electron chi connectivity index (χ3n) is 3.45. The molecule has 2 aromatic carbocycles. The Balaban J connectivity index is 1.93. The predicted molar refractivity (Wildman–Crippen MR) is 97.6 cm³/mol. The minimum absolute atomic E-state index is 0.0703. The van der Waals surface area contributed by atoms with Crippen LogP contribution in [0.25, 0.3) is 0 Å². The standard InChI is InChI=1S/C18H17Cl2FN2O2/c1-12(24)23(17-10-14(19)9-15(20)11-17)6-5-22-18(25)8-13-3-2-4-16(21)7-13/h2-4,7,9-11H,5-6,8H2,1H3,(H,22,25). The number of amides is 2. The molecular weight excluding hydrogens is 366 g/mol. The van der Waals surface area contributed by atoms with E-state index in [1.54, 1.807) is 30.3 Å². The maximum atomic E-state index is 13.1. The summed E-state index contributed by atoms with van der Waals surface area (Å²) in [6.07, 6.45) is 0.0703. The van der Waals surface area contributed by atoms with Gasteiger partial charge in [-0.1, -0.05) is 35.3 Å². The van der Waals surface area contributed by atoms with E-state index in [0.29, 0.717) is 21.3 Å². The number of hydrogen-bond donors (Lipinski definition) is 1. The number of carbonyl (C=O) groups excluding carboxylic acids is 2. The van der Waals surface area contributed by atoms with Crippen molar-refractivity contribution in [3.8, 4) is 0 Å². The van der Waals surface area contributed by atoms with Crippen molar-refractivity contribution in [1.29, 1.82) is 0 Å². The summed E-state index contributed by atoms with van der Waals surface area (Å²) in [5, 5.41) is 3.55. The summed E-state index contributed by atoms with van der Waals surface area (Å²) in [4.78, 5) is 25.3. The van der Waals surface area contributed by atoms with E-state index >= 15 is 0 Å². The highest BCUT2D eigenvalue weighted by atomic mass is 35.5. The van der Waals surface area contributed by atoms with E-state index in [2.05, 4.69) is 5.32 Å². The van der Waals surface area contributed by atoms with Gasteiger partial charge in [-0.05, 0) is 35.9 Å². The van der Waals surface area contributed by atoms with Crippen LogP contribution in [0.1, 0.15) is 12.5 Å². The first kappa shape index (κ1) is 19.2. The van der Waals surface area contributed by atoms with Gasteiger partial charge >= 0.3 is 0 Å². The van der Waals surface area contributed by atoms with Crippen LogP contribution in [0.15, 0.2) is 42.5 Å². The maximum Gasteiger partial charge on any atom is 0.224 e. The fourth-order valence-electron chi connectivity index (χ4n) is 2.37. The molecule has 0 aliphatic carbocycles. The van der Waals surface area contributed by atoms with Gasteiger partial charge in [0.05, 0.1) is 6.42 Å². The highest BCUT2D eigenvalue weighted by molar-refractivity contribution is 6.35. The topological polar surface area (TPSA) is 49.4 Å². The van der Waals surface area contributed by atoms with Crippen molar-refractivity contribution < 1.29 is 14.0 Å². The Morgan fingerprint density at radius 2 is 1.80 bits per heavy atom. The average Bonchev–Trinajstić information content (AvgIpc) is 2.50. The van der Waals surface area contributed by atoms with Crippen molar-refractivity contribution >= 4 is 40.7 Å². The van der Waals surface area contributed by atoms with Gasteiger partial charge < -0.3 is 10.2 Å². The van der Waals surface area contributed by atoms with Gasteiger partial charge in [0.15, 0.2) is 0 Å². The molecule has 0 aromatic heterocycles. The van der Waals surface area contributed by atoms with E-state index in [-0.39, 0.29) is 37.1 Å². The molecule has 7 heteroatoms. The van der Waals surface area contributed by atoms with E-state index in [9.17, 15) is 14.0 Å². The van der Waals surface area contributed by atoms with Crippen molar-refractivity contribution in [2.24, 2.45) is 0 Å². The third kappa shape index (κ3) is 6.03. The quantitative estimate of drug-likeness (QED) is 0.824. The summed E-state index contributed by atoms with van der Waals surface area (Å²) in [6, 6.07) is 10.7. The van der Waals surface area contributed by atoms with Crippen LogP contribution in [-0.2, 0) is 16.0 Å². The molecule has 0 atom stereocenters. The van der Waals surface area contributed by atoms with Crippen LogP contribution >= 0.6 is 23.2 Å². The van der Waals surface area contributed by atoms with Crippen LogP contribution in [0.2, 0.25) is 10.0 Å². The minimum atomic E-state index is -0.383. The Labute approximate surface area is 155 Å². The Kier molecular flexibility index (Phi) is 6.79. The normalized spacial score (nSPS) is 10.4. The van der Waals surface area contributed by atoms with Crippen LogP contribution in [-0.4, -0.2) is 24.9 Å². The molecule has 0 unspecified atom stereocenters. The smallest absolute Gasteiger partial charge is 0.224 e. The van der Waals surface area contributed by atoms with Gasteiger partial charge in [0.25, 0.3) is 0 Å². The zero-order chi connectivity index (χ0) is 18.4. The zero-order valence-corrected chi connectivity index (χ0v) is 15.1. The number of hydrogen-bond acceptors (Lipinski definition) is 2. The summed E-state index contributed by atoms with van der Waals surface area (Å²) in [5.41, 5.74) is 1.15. The van der Waals surface area contributed by atoms with Gasteiger partial charge in [0.1, 0.15) is 5.82 Å². The molecule has 0 saturated heterocycles. The molecule has 4 nitrogen and oxygen atoms in total. The lowest BCUT2D eigenvalue weighted by atomic mass is 10.1. The van der Waals surface area contributed by atoms with E-state index < -0.39 is 0 Å². The first-order valence-corrected chi connectivity index (χ1v) is 8.36. The fraction of sp³-hybridized carbons (Fsp3) is 0.222. The minimum Gasteiger partial charge on any atom is -0.354 e. The van der Waals surface area contributed by atoms with Gasteiger partial charge in [-0.2, -0.15) is 0 Å². The predicted octanol–water partition coefficient (Wildman–Crippen LogP) is 3.84. The Morgan fingerprint density at radius 3 is 2.40 bits per heavy atom. The molecule has 0 spiro atoms. The summed E-state index contributed by atoms with van der Waals surface area (Å²) in [6.45, 7) is 1.93. The van der Waals surface area contributed by atoms with Gasteiger partial charge in [0.2, 0.25) is 11.8 Å². The van der Waals surface area contributed by atoms with Crippen molar-refractivity contribution in [3.05, 3.63) is 63.9 Å². The number of benzene rings is 2. The summed E-state index contributed by atoms with van der Waals surface area (Å²) < 4.78 is 13.1. The highest BCUT2D eigenvalue weighted by Crippen LogP contribution is 2.25. The molecule has 0 aliphatic heterocycles. The largest absolute Gasteiger partial charge is 0.354 e. The Hall–Kier alpha value is -2.11. The van der Waals surface area contributed by atoms with Gasteiger partial charge in [-0.3, -0.25) is 9.59 Å². The molecule has 25 heavy (non-hydrogen) atoms. The van der Waals surface area contributed by atoms with Crippen LogP contribution < -0.4 is 10.2 Å². The Morgan fingerprint density at radius 1 is 1.12 bits per heavy atom. The molecular formula is C18H17Cl2FN2O2. The molecule has 0 fully saturated rings. The molecule has 2 amide bonds. The summed E-state index contributed by atoms with van der Waals surface area (Å²) in [5.74, 6) is -0.832. The van der Waals surface area contributed by atoms with E-state index in [0.717, 1.165) is 0 Å². The first-order chi connectivity index (χ1) is 11.8. The van der Waals surface area contributed by atoms with Crippen LogP contribution in [0.4, 0.5) is 10.1 Å². The number of nitrogens with one attached hydrogen (secondary N) is 1. The third-order valence-corrected chi connectivity index (χ3v) is 3.89. The van der Waals surface area contributed by atoms with Gasteiger partial charge in [-0.25, -0.2) is 4.39 Å². The number of halogens is 3. The maximum absolute atomic E-state index is 13.1. The molecule has 132 valence electrons. The molecule has 0 saturated carbocycles. The van der Waals surface area contributed by atoms with Crippen molar-refractivity contribution in [1.82, 2.24) is 5.32 Å². The zero-order valence-electron chi connectivity index (χ0n) is 13.6.